The fraction of sp³-hybridized carbons (Fsp3) is 0.118. The molecule has 2 aromatic carbocycles. The molecule has 3 aromatic rings. The Morgan fingerprint density at radius 3 is 2.62 bits per heavy atom. The Labute approximate surface area is 148 Å². The van der Waals surface area contributed by atoms with Gasteiger partial charge < -0.3 is 4.74 Å². The van der Waals surface area contributed by atoms with Gasteiger partial charge in [0, 0.05) is 16.1 Å². The molecule has 0 N–H and O–H groups in total. The van der Waals surface area contributed by atoms with Crippen LogP contribution in [0.3, 0.4) is 0 Å². The molecule has 7 heteroatoms. The van der Waals surface area contributed by atoms with Crippen molar-refractivity contribution in [3.05, 3.63) is 70.3 Å². The van der Waals surface area contributed by atoms with E-state index in [-0.39, 0.29) is 11.3 Å². The van der Waals surface area contributed by atoms with Crippen molar-refractivity contribution in [3.8, 4) is 0 Å². The van der Waals surface area contributed by atoms with Crippen molar-refractivity contribution in [2.75, 3.05) is 7.11 Å². The van der Waals surface area contributed by atoms with Crippen LogP contribution in [0.2, 0.25) is 0 Å². The number of rotatable bonds is 4. The predicted molar refractivity (Wildman–Crippen MR) is 95.4 cm³/mol. The maximum atomic E-state index is 12.8. The Kier molecular flexibility index (Phi) is 4.47. The number of esters is 1. The Morgan fingerprint density at radius 2 is 1.92 bits per heavy atom. The van der Waals surface area contributed by atoms with Crippen LogP contribution in [0.1, 0.15) is 15.9 Å². The number of benzene rings is 2. The van der Waals surface area contributed by atoms with Gasteiger partial charge in [0.2, 0.25) is 10.0 Å². The van der Waals surface area contributed by atoms with Gasteiger partial charge in [-0.3, -0.25) is 0 Å². The highest BCUT2D eigenvalue weighted by molar-refractivity contribution is 9.10. The number of ether oxygens (including phenoxy) is 1. The predicted octanol–water partition coefficient (Wildman–Crippen LogP) is 3.57. The number of halogens is 1. The molecule has 0 aliphatic heterocycles. The lowest BCUT2D eigenvalue weighted by atomic mass is 10.2. The summed E-state index contributed by atoms with van der Waals surface area (Å²) < 4.78 is 32.4. The zero-order valence-electron chi connectivity index (χ0n) is 12.8. The van der Waals surface area contributed by atoms with Gasteiger partial charge in [-0.05, 0) is 23.8 Å². The van der Waals surface area contributed by atoms with Crippen LogP contribution in [-0.2, 0) is 20.5 Å². The normalized spacial score (nSPS) is 11.6. The van der Waals surface area contributed by atoms with E-state index in [4.69, 9.17) is 4.74 Å². The molecule has 0 bridgehead atoms. The van der Waals surface area contributed by atoms with Gasteiger partial charge in [-0.15, -0.1) is 0 Å². The second-order valence-corrected chi connectivity index (χ2v) is 8.00. The Morgan fingerprint density at radius 1 is 1.17 bits per heavy atom. The van der Waals surface area contributed by atoms with Gasteiger partial charge in [0.25, 0.3) is 0 Å². The van der Waals surface area contributed by atoms with Gasteiger partial charge in [-0.1, -0.05) is 46.3 Å². The number of hydrogen-bond acceptors (Lipinski definition) is 4. The SMILES string of the molecule is COC(=O)c1cn(S(=O)(=O)Cc2cccc(Br)c2)c2ccccc12. The third-order valence-corrected chi connectivity index (χ3v) is 5.71. The van der Waals surface area contributed by atoms with Gasteiger partial charge in [-0.2, -0.15) is 0 Å². The number of nitrogens with zero attached hydrogens (tertiary/aromatic N) is 1. The Bertz CT molecular complexity index is 1020. The molecule has 0 aliphatic carbocycles. The van der Waals surface area contributed by atoms with Crippen LogP contribution >= 0.6 is 15.9 Å². The number of carbonyl (C=O) groups is 1. The Hall–Kier alpha value is -2.12. The fourth-order valence-corrected chi connectivity index (χ4v) is 4.47. The molecule has 0 unspecified atom stereocenters. The van der Waals surface area contributed by atoms with E-state index in [0.29, 0.717) is 16.5 Å². The summed E-state index contributed by atoms with van der Waals surface area (Å²) >= 11 is 3.34. The van der Waals surface area contributed by atoms with Gasteiger partial charge in [-0.25, -0.2) is 17.2 Å². The van der Waals surface area contributed by atoms with Crippen LogP contribution in [0, 0.1) is 0 Å². The van der Waals surface area contributed by atoms with Crippen molar-refractivity contribution in [2.24, 2.45) is 0 Å². The zero-order chi connectivity index (χ0) is 17.3. The van der Waals surface area contributed by atoms with E-state index >= 15 is 0 Å². The molecule has 1 aromatic heterocycles. The average molecular weight is 408 g/mol. The van der Waals surface area contributed by atoms with Gasteiger partial charge in [0.1, 0.15) is 0 Å². The van der Waals surface area contributed by atoms with Crippen LogP contribution in [0.4, 0.5) is 0 Å². The van der Waals surface area contributed by atoms with Crippen LogP contribution in [0.25, 0.3) is 10.9 Å². The fourth-order valence-electron chi connectivity index (χ4n) is 2.56. The maximum absolute atomic E-state index is 12.8. The largest absolute Gasteiger partial charge is 0.465 e. The smallest absolute Gasteiger partial charge is 0.340 e. The van der Waals surface area contributed by atoms with Crippen molar-refractivity contribution >= 4 is 42.8 Å². The second kappa shape index (κ2) is 6.41. The summed E-state index contributed by atoms with van der Waals surface area (Å²) in [4.78, 5) is 11.9. The van der Waals surface area contributed by atoms with Crippen molar-refractivity contribution in [2.45, 2.75) is 5.75 Å². The highest BCUT2D eigenvalue weighted by Gasteiger charge is 2.22. The molecule has 124 valence electrons. The van der Waals surface area contributed by atoms with E-state index in [1.165, 1.54) is 13.3 Å². The van der Waals surface area contributed by atoms with Gasteiger partial charge in [0.15, 0.2) is 0 Å². The summed E-state index contributed by atoms with van der Waals surface area (Å²) in [6.07, 6.45) is 1.32. The number of para-hydroxylation sites is 1. The molecule has 3 rings (SSSR count). The third-order valence-electron chi connectivity index (χ3n) is 3.62. The summed E-state index contributed by atoms with van der Waals surface area (Å²) in [5.41, 5.74) is 1.33. The standard InChI is InChI=1S/C17H14BrNO4S/c1-23-17(20)15-10-19(16-8-3-2-7-14(15)16)24(21,22)11-12-5-4-6-13(18)9-12/h2-10H,11H2,1H3. The minimum atomic E-state index is -3.69. The lowest BCUT2D eigenvalue weighted by Crippen LogP contribution is -2.14. The lowest BCUT2D eigenvalue weighted by molar-refractivity contribution is 0.0603. The highest BCUT2D eigenvalue weighted by Crippen LogP contribution is 2.25. The molecule has 0 amide bonds. The molecule has 5 nitrogen and oxygen atoms in total. The minimum Gasteiger partial charge on any atom is -0.465 e. The van der Waals surface area contributed by atoms with Crippen molar-refractivity contribution in [1.82, 2.24) is 3.97 Å². The lowest BCUT2D eigenvalue weighted by Gasteiger charge is -2.08. The molecule has 0 radical (unpaired) electrons. The van der Waals surface area contributed by atoms with E-state index in [1.807, 2.05) is 6.07 Å². The molecule has 1 heterocycles. The van der Waals surface area contributed by atoms with Crippen LogP contribution < -0.4 is 0 Å². The number of methoxy groups -OCH3 is 1. The average Bonchev–Trinajstić information content (AvgIpc) is 2.94. The molecule has 0 aliphatic rings. The molecule has 0 saturated heterocycles. The van der Waals surface area contributed by atoms with E-state index in [0.717, 1.165) is 8.45 Å². The summed E-state index contributed by atoms with van der Waals surface area (Å²) in [6, 6.07) is 14.0. The van der Waals surface area contributed by atoms with Crippen LogP contribution in [-0.4, -0.2) is 25.5 Å². The van der Waals surface area contributed by atoms with Crippen molar-refractivity contribution in [3.63, 3.8) is 0 Å². The second-order valence-electron chi connectivity index (χ2n) is 5.23. The topological polar surface area (TPSA) is 65.4 Å². The molecule has 0 fully saturated rings. The first kappa shape index (κ1) is 16.7. The van der Waals surface area contributed by atoms with Crippen LogP contribution in [0.15, 0.2) is 59.2 Å². The van der Waals surface area contributed by atoms with E-state index < -0.39 is 16.0 Å². The number of carbonyl (C=O) groups excluding carboxylic acids is 1. The molecule has 0 saturated carbocycles. The highest BCUT2D eigenvalue weighted by atomic mass is 79.9. The molecule has 0 atom stereocenters. The summed E-state index contributed by atoms with van der Waals surface area (Å²) in [5.74, 6) is -0.742. The maximum Gasteiger partial charge on any atom is 0.340 e. The van der Waals surface area contributed by atoms with E-state index in [9.17, 15) is 13.2 Å². The third kappa shape index (κ3) is 3.09. The molecular weight excluding hydrogens is 394 g/mol. The monoisotopic (exact) mass is 407 g/mol. The molecular formula is C17H14BrNO4S. The summed E-state index contributed by atoms with van der Waals surface area (Å²) in [7, 11) is -2.42. The quantitative estimate of drug-likeness (QED) is 0.620. The first-order valence-corrected chi connectivity index (χ1v) is 9.48. The zero-order valence-corrected chi connectivity index (χ0v) is 15.2. The Balaban J connectivity index is 2.13. The van der Waals surface area contributed by atoms with Gasteiger partial charge >= 0.3 is 5.97 Å². The van der Waals surface area contributed by atoms with E-state index in [1.54, 1.807) is 42.5 Å². The van der Waals surface area contributed by atoms with Crippen molar-refractivity contribution in [1.29, 1.82) is 0 Å². The number of fused-ring (bicyclic) bond motifs is 1. The minimum absolute atomic E-state index is 0.175. The summed E-state index contributed by atoms with van der Waals surface area (Å²) in [5, 5.41) is 0.544. The van der Waals surface area contributed by atoms with Crippen LogP contribution in [0.5, 0.6) is 0 Å². The number of hydrogen-bond donors (Lipinski definition) is 0. The first-order chi connectivity index (χ1) is 11.4. The molecule has 0 spiro atoms. The van der Waals surface area contributed by atoms with Crippen molar-refractivity contribution < 1.29 is 17.9 Å². The number of aromatic nitrogens is 1. The van der Waals surface area contributed by atoms with E-state index in [2.05, 4.69) is 15.9 Å². The summed E-state index contributed by atoms with van der Waals surface area (Å²) in [6.45, 7) is 0. The molecule has 24 heavy (non-hydrogen) atoms. The first-order valence-electron chi connectivity index (χ1n) is 7.08. The van der Waals surface area contributed by atoms with Gasteiger partial charge in [0.05, 0.1) is 23.9 Å².